The highest BCUT2D eigenvalue weighted by Gasteiger charge is 2.34. The first kappa shape index (κ1) is 24.7. The van der Waals surface area contributed by atoms with Crippen molar-refractivity contribution in [2.75, 3.05) is 13.1 Å². The molecule has 0 spiro atoms. The van der Waals surface area contributed by atoms with Gasteiger partial charge < -0.3 is 14.6 Å². The SMILES string of the molecule is Cn1cc(-c2cn(CC3(O)CCN(C(=O)CCc4ccccc4)CC3)c(=O)cc2-c2ccccc2)cn1. The maximum atomic E-state index is 13.2. The predicted molar refractivity (Wildman–Crippen MR) is 144 cm³/mol. The molecule has 0 unspecified atom stereocenters. The number of carbonyl (C=O) groups excluding carboxylic acids is 1. The van der Waals surface area contributed by atoms with Gasteiger partial charge in [0.05, 0.1) is 18.3 Å². The van der Waals surface area contributed by atoms with Gasteiger partial charge in [-0.3, -0.25) is 14.3 Å². The van der Waals surface area contributed by atoms with E-state index in [0.29, 0.717) is 38.8 Å². The molecule has 5 rings (SSSR count). The van der Waals surface area contributed by atoms with Crippen LogP contribution in [0.15, 0.2) is 90.1 Å². The maximum absolute atomic E-state index is 13.2. The maximum Gasteiger partial charge on any atom is 0.251 e. The van der Waals surface area contributed by atoms with Gasteiger partial charge in [0.15, 0.2) is 0 Å². The molecule has 4 aromatic rings. The molecule has 1 amide bonds. The van der Waals surface area contributed by atoms with Crippen molar-refractivity contribution in [1.29, 1.82) is 0 Å². The van der Waals surface area contributed by atoms with Crippen LogP contribution in [0.1, 0.15) is 24.8 Å². The summed E-state index contributed by atoms with van der Waals surface area (Å²) in [7, 11) is 1.86. The Balaban J connectivity index is 1.31. The molecule has 1 N–H and O–H groups in total. The lowest BCUT2D eigenvalue weighted by molar-refractivity contribution is -0.135. The van der Waals surface area contributed by atoms with E-state index in [9.17, 15) is 14.7 Å². The molecule has 0 bridgehead atoms. The lowest BCUT2D eigenvalue weighted by atomic mass is 9.90. The number of likely N-dealkylation sites (tertiary alicyclic amines) is 1. The van der Waals surface area contributed by atoms with Crippen molar-refractivity contribution in [1.82, 2.24) is 19.2 Å². The Kier molecular flexibility index (Phi) is 7.06. The number of nitrogens with zero attached hydrogens (tertiary/aromatic N) is 4. The minimum Gasteiger partial charge on any atom is -0.388 e. The summed E-state index contributed by atoms with van der Waals surface area (Å²) in [5, 5.41) is 15.7. The quantitative estimate of drug-likeness (QED) is 0.421. The lowest BCUT2D eigenvalue weighted by Gasteiger charge is -2.38. The Bertz CT molecular complexity index is 1420. The average Bonchev–Trinajstić information content (AvgIpc) is 3.35. The largest absolute Gasteiger partial charge is 0.388 e. The molecule has 0 saturated carbocycles. The zero-order valence-electron chi connectivity index (χ0n) is 21.1. The number of pyridine rings is 1. The normalized spacial score (nSPS) is 15.0. The van der Waals surface area contributed by atoms with Crippen LogP contribution in [0.2, 0.25) is 0 Å². The van der Waals surface area contributed by atoms with Crippen LogP contribution < -0.4 is 5.56 Å². The van der Waals surface area contributed by atoms with Gasteiger partial charge in [0.25, 0.3) is 5.56 Å². The number of hydrogen-bond acceptors (Lipinski definition) is 4. The highest BCUT2D eigenvalue weighted by molar-refractivity contribution is 5.82. The van der Waals surface area contributed by atoms with E-state index < -0.39 is 5.60 Å². The van der Waals surface area contributed by atoms with Crippen molar-refractivity contribution in [2.45, 2.75) is 37.8 Å². The summed E-state index contributed by atoms with van der Waals surface area (Å²) in [5.41, 5.74) is 3.50. The van der Waals surface area contributed by atoms with Gasteiger partial charge in [-0.15, -0.1) is 0 Å². The van der Waals surface area contributed by atoms with Crippen molar-refractivity contribution < 1.29 is 9.90 Å². The fourth-order valence-corrected chi connectivity index (χ4v) is 5.05. The molecule has 37 heavy (non-hydrogen) atoms. The molecule has 1 aliphatic rings. The summed E-state index contributed by atoms with van der Waals surface area (Å²) in [6, 6.07) is 21.4. The minimum atomic E-state index is -1.06. The van der Waals surface area contributed by atoms with Crippen molar-refractivity contribution >= 4 is 5.91 Å². The van der Waals surface area contributed by atoms with Crippen LogP contribution >= 0.6 is 0 Å². The van der Waals surface area contributed by atoms with Gasteiger partial charge in [-0.2, -0.15) is 5.10 Å². The first-order valence-corrected chi connectivity index (χ1v) is 12.7. The molecule has 0 aliphatic carbocycles. The molecular formula is C30H32N4O3. The standard InChI is InChI=1S/C30H32N4O3/c1-32-20-25(19-31-32)27-21-34(29(36)18-26(27)24-10-6-3-7-11-24)22-30(37)14-16-33(17-15-30)28(35)13-12-23-8-4-2-5-9-23/h2-11,18-21,37H,12-17,22H2,1H3. The van der Waals surface area contributed by atoms with Crippen molar-refractivity contribution in [3.8, 4) is 22.3 Å². The van der Waals surface area contributed by atoms with E-state index in [0.717, 1.165) is 27.8 Å². The molecule has 3 heterocycles. The summed E-state index contributed by atoms with van der Waals surface area (Å²) < 4.78 is 3.33. The Labute approximate surface area is 216 Å². The monoisotopic (exact) mass is 496 g/mol. The molecule has 0 radical (unpaired) electrons. The molecule has 1 aliphatic heterocycles. The van der Waals surface area contributed by atoms with Gasteiger partial charge in [0.2, 0.25) is 5.91 Å². The Morgan fingerprint density at radius 3 is 2.27 bits per heavy atom. The van der Waals surface area contributed by atoms with E-state index in [1.807, 2.05) is 85.0 Å². The predicted octanol–water partition coefficient (Wildman–Crippen LogP) is 3.90. The van der Waals surface area contributed by atoms with Crippen molar-refractivity contribution in [3.05, 3.63) is 101 Å². The van der Waals surface area contributed by atoms with Crippen LogP contribution in [0, 0.1) is 0 Å². The molecule has 1 fully saturated rings. The van der Waals surface area contributed by atoms with E-state index in [4.69, 9.17) is 0 Å². The minimum absolute atomic E-state index is 0.106. The Hall–Kier alpha value is -3.97. The van der Waals surface area contributed by atoms with Gasteiger partial charge in [-0.05, 0) is 36.0 Å². The van der Waals surface area contributed by atoms with Crippen LogP contribution in [-0.4, -0.2) is 49.0 Å². The number of aryl methyl sites for hydroxylation is 2. The second-order valence-corrected chi connectivity index (χ2v) is 9.93. The van der Waals surface area contributed by atoms with Gasteiger partial charge in [0, 0.05) is 56.1 Å². The third kappa shape index (κ3) is 5.73. The van der Waals surface area contributed by atoms with Gasteiger partial charge in [-0.1, -0.05) is 60.7 Å². The first-order chi connectivity index (χ1) is 17.9. The van der Waals surface area contributed by atoms with E-state index in [-0.39, 0.29) is 18.0 Å². The number of benzene rings is 2. The van der Waals surface area contributed by atoms with E-state index >= 15 is 0 Å². The zero-order chi connectivity index (χ0) is 25.8. The van der Waals surface area contributed by atoms with Crippen LogP contribution in [0.5, 0.6) is 0 Å². The van der Waals surface area contributed by atoms with E-state index in [1.165, 1.54) is 0 Å². The summed E-state index contributed by atoms with van der Waals surface area (Å²) >= 11 is 0. The number of hydrogen-bond donors (Lipinski definition) is 1. The lowest BCUT2D eigenvalue weighted by Crippen LogP contribution is -2.49. The summed E-state index contributed by atoms with van der Waals surface area (Å²) in [6.07, 6.45) is 7.56. The molecule has 7 nitrogen and oxygen atoms in total. The zero-order valence-corrected chi connectivity index (χ0v) is 21.1. The van der Waals surface area contributed by atoms with E-state index in [2.05, 4.69) is 5.10 Å². The molecular weight excluding hydrogens is 464 g/mol. The second kappa shape index (κ2) is 10.6. The number of aliphatic hydroxyl groups is 1. The third-order valence-electron chi connectivity index (χ3n) is 7.21. The van der Waals surface area contributed by atoms with Gasteiger partial charge in [0.1, 0.15) is 0 Å². The molecule has 1 saturated heterocycles. The van der Waals surface area contributed by atoms with E-state index in [1.54, 1.807) is 21.5 Å². The summed E-state index contributed by atoms with van der Waals surface area (Å²) in [5.74, 6) is 0.106. The van der Waals surface area contributed by atoms with Crippen LogP contribution in [0.25, 0.3) is 22.3 Å². The number of rotatable bonds is 7. The fraction of sp³-hybridized carbons (Fsp3) is 0.300. The van der Waals surface area contributed by atoms with Crippen molar-refractivity contribution in [3.63, 3.8) is 0 Å². The Morgan fingerprint density at radius 1 is 0.946 bits per heavy atom. The molecule has 0 atom stereocenters. The van der Waals surface area contributed by atoms with Gasteiger partial charge in [-0.25, -0.2) is 0 Å². The highest BCUT2D eigenvalue weighted by Crippen LogP contribution is 2.32. The smallest absolute Gasteiger partial charge is 0.251 e. The average molecular weight is 497 g/mol. The molecule has 2 aromatic carbocycles. The van der Waals surface area contributed by atoms with Crippen molar-refractivity contribution in [2.24, 2.45) is 7.05 Å². The number of amides is 1. The second-order valence-electron chi connectivity index (χ2n) is 9.93. The van der Waals surface area contributed by atoms with Crippen LogP contribution in [0.3, 0.4) is 0 Å². The van der Waals surface area contributed by atoms with Crippen LogP contribution in [-0.2, 0) is 24.8 Å². The number of aromatic nitrogens is 3. The van der Waals surface area contributed by atoms with Gasteiger partial charge >= 0.3 is 0 Å². The summed E-state index contributed by atoms with van der Waals surface area (Å²) in [4.78, 5) is 27.8. The molecule has 7 heteroatoms. The molecule has 190 valence electrons. The highest BCUT2D eigenvalue weighted by atomic mass is 16.3. The molecule has 2 aromatic heterocycles. The summed E-state index contributed by atoms with van der Waals surface area (Å²) in [6.45, 7) is 1.15. The fourth-order valence-electron chi connectivity index (χ4n) is 5.05. The van der Waals surface area contributed by atoms with Crippen LogP contribution in [0.4, 0.5) is 0 Å². The number of piperidine rings is 1. The third-order valence-corrected chi connectivity index (χ3v) is 7.21. The topological polar surface area (TPSA) is 80.4 Å². The Morgan fingerprint density at radius 2 is 1.62 bits per heavy atom. The number of carbonyl (C=O) groups is 1. The first-order valence-electron chi connectivity index (χ1n) is 12.7.